The Morgan fingerprint density at radius 3 is 2.30 bits per heavy atom. The predicted molar refractivity (Wildman–Crippen MR) is 85.3 cm³/mol. The molecule has 1 saturated carbocycles. The Bertz CT molecular complexity index is 360. The second-order valence-electron chi connectivity index (χ2n) is 6.47. The molecule has 1 fully saturated rings. The Labute approximate surface area is 125 Å². The summed E-state index contributed by atoms with van der Waals surface area (Å²) in [6.45, 7) is 7.38. The molecular weight excluding hydrogens is 272 g/mol. The van der Waals surface area contributed by atoms with Crippen molar-refractivity contribution in [2.45, 2.75) is 71.4 Å². The van der Waals surface area contributed by atoms with Crippen molar-refractivity contribution >= 4 is 10.0 Å². The highest BCUT2D eigenvalue weighted by molar-refractivity contribution is 7.89. The van der Waals surface area contributed by atoms with Crippen molar-refractivity contribution < 1.29 is 8.42 Å². The lowest BCUT2D eigenvalue weighted by molar-refractivity contribution is 0.249. The molecule has 0 aromatic heterocycles. The van der Waals surface area contributed by atoms with E-state index in [4.69, 9.17) is 0 Å². The highest BCUT2D eigenvalue weighted by Crippen LogP contribution is 2.24. The maximum Gasteiger partial charge on any atom is 0.214 e. The van der Waals surface area contributed by atoms with E-state index in [-0.39, 0.29) is 11.8 Å². The van der Waals surface area contributed by atoms with Crippen LogP contribution in [0.3, 0.4) is 0 Å². The lowest BCUT2D eigenvalue weighted by atomic mass is 9.91. The fourth-order valence-corrected chi connectivity index (χ4v) is 4.47. The topological polar surface area (TPSA) is 49.4 Å². The van der Waals surface area contributed by atoms with E-state index in [1.807, 2.05) is 0 Å². The van der Waals surface area contributed by atoms with Crippen LogP contribution < -0.4 is 5.32 Å². The summed E-state index contributed by atoms with van der Waals surface area (Å²) < 4.78 is 26.2. The fourth-order valence-electron chi connectivity index (χ4n) is 2.75. The minimum atomic E-state index is -3.08. The minimum Gasteiger partial charge on any atom is -0.314 e. The van der Waals surface area contributed by atoms with Gasteiger partial charge in [-0.2, -0.15) is 0 Å². The molecular formula is C15H32N2O2S. The van der Waals surface area contributed by atoms with Gasteiger partial charge in [0.25, 0.3) is 0 Å². The molecule has 0 aromatic carbocycles. The van der Waals surface area contributed by atoms with E-state index < -0.39 is 10.0 Å². The van der Waals surface area contributed by atoms with Gasteiger partial charge in [-0.25, -0.2) is 12.7 Å². The Balaban J connectivity index is 2.43. The van der Waals surface area contributed by atoms with Gasteiger partial charge in [0.15, 0.2) is 0 Å². The molecule has 0 atom stereocenters. The molecule has 120 valence electrons. The Morgan fingerprint density at radius 1 is 1.20 bits per heavy atom. The molecule has 4 nitrogen and oxygen atoms in total. The first-order valence-corrected chi connectivity index (χ1v) is 9.66. The number of hydrogen-bond acceptors (Lipinski definition) is 3. The Morgan fingerprint density at radius 2 is 1.80 bits per heavy atom. The molecule has 0 bridgehead atoms. The zero-order valence-corrected chi connectivity index (χ0v) is 14.4. The second kappa shape index (κ2) is 8.35. The molecule has 0 unspecified atom stereocenters. The van der Waals surface area contributed by atoms with E-state index in [1.165, 1.54) is 0 Å². The monoisotopic (exact) mass is 304 g/mol. The summed E-state index contributed by atoms with van der Waals surface area (Å²) in [7, 11) is -1.31. The molecule has 0 aliphatic heterocycles. The third kappa shape index (κ3) is 5.70. The van der Waals surface area contributed by atoms with Gasteiger partial charge in [-0.05, 0) is 51.0 Å². The number of sulfonamides is 1. The molecule has 1 N–H and O–H groups in total. The van der Waals surface area contributed by atoms with Crippen LogP contribution in [0, 0.1) is 5.92 Å². The molecule has 0 amide bonds. The van der Waals surface area contributed by atoms with Gasteiger partial charge in [0.05, 0.1) is 5.75 Å². The third-order valence-corrected chi connectivity index (χ3v) is 6.21. The van der Waals surface area contributed by atoms with Crippen LogP contribution in [0.1, 0.15) is 59.3 Å². The maximum atomic E-state index is 12.3. The smallest absolute Gasteiger partial charge is 0.214 e. The summed E-state index contributed by atoms with van der Waals surface area (Å²) >= 11 is 0. The van der Waals surface area contributed by atoms with Crippen molar-refractivity contribution in [2.75, 3.05) is 19.3 Å². The Hall–Kier alpha value is -0.130. The lowest BCUT2D eigenvalue weighted by Crippen LogP contribution is -2.44. The van der Waals surface area contributed by atoms with Gasteiger partial charge >= 0.3 is 0 Å². The van der Waals surface area contributed by atoms with Crippen LogP contribution in [-0.2, 0) is 10.0 Å². The van der Waals surface area contributed by atoms with Gasteiger partial charge in [-0.1, -0.05) is 20.8 Å². The largest absolute Gasteiger partial charge is 0.314 e. The van der Waals surface area contributed by atoms with E-state index in [0.717, 1.165) is 45.1 Å². The highest BCUT2D eigenvalue weighted by atomic mass is 32.2. The highest BCUT2D eigenvalue weighted by Gasteiger charge is 2.29. The van der Waals surface area contributed by atoms with E-state index in [0.29, 0.717) is 12.0 Å². The summed E-state index contributed by atoms with van der Waals surface area (Å²) in [5.41, 5.74) is 0. The molecule has 1 rings (SSSR count). The zero-order valence-electron chi connectivity index (χ0n) is 13.6. The van der Waals surface area contributed by atoms with Gasteiger partial charge in [-0.15, -0.1) is 0 Å². The standard InChI is InChI=1S/C15H32N2O2S/c1-5-11-16-14-6-8-15(9-7-14)17(4)20(18,19)12-10-13(2)3/h13-16H,5-12H2,1-4H3. The van der Waals surface area contributed by atoms with Crippen molar-refractivity contribution in [3.8, 4) is 0 Å². The van der Waals surface area contributed by atoms with E-state index in [9.17, 15) is 8.42 Å². The van der Waals surface area contributed by atoms with Crippen molar-refractivity contribution in [3.05, 3.63) is 0 Å². The number of hydrogen-bond donors (Lipinski definition) is 1. The van der Waals surface area contributed by atoms with Crippen molar-refractivity contribution in [1.29, 1.82) is 0 Å². The average molecular weight is 305 g/mol. The van der Waals surface area contributed by atoms with E-state index in [2.05, 4.69) is 26.1 Å². The quantitative estimate of drug-likeness (QED) is 0.750. The van der Waals surface area contributed by atoms with E-state index in [1.54, 1.807) is 11.4 Å². The normalized spacial score (nSPS) is 24.5. The summed E-state index contributed by atoms with van der Waals surface area (Å²) in [5.74, 6) is 0.724. The molecule has 0 saturated heterocycles. The minimum absolute atomic E-state index is 0.201. The molecule has 1 aliphatic carbocycles. The average Bonchev–Trinajstić information content (AvgIpc) is 2.43. The maximum absolute atomic E-state index is 12.3. The lowest BCUT2D eigenvalue weighted by Gasteiger charge is -2.34. The molecule has 0 radical (unpaired) electrons. The summed E-state index contributed by atoms with van der Waals surface area (Å²) in [5, 5.41) is 3.54. The van der Waals surface area contributed by atoms with Gasteiger partial charge in [0, 0.05) is 19.1 Å². The molecule has 5 heteroatoms. The first-order valence-electron chi connectivity index (χ1n) is 8.06. The van der Waals surface area contributed by atoms with Crippen LogP contribution in [0.25, 0.3) is 0 Å². The first-order chi connectivity index (χ1) is 9.36. The van der Waals surface area contributed by atoms with Crippen LogP contribution >= 0.6 is 0 Å². The van der Waals surface area contributed by atoms with Crippen LogP contribution in [0.4, 0.5) is 0 Å². The van der Waals surface area contributed by atoms with Gasteiger partial charge < -0.3 is 5.32 Å². The third-order valence-electron chi connectivity index (χ3n) is 4.29. The van der Waals surface area contributed by atoms with Gasteiger partial charge in [0.1, 0.15) is 0 Å². The predicted octanol–water partition coefficient (Wildman–Crippen LogP) is 2.60. The fraction of sp³-hybridized carbons (Fsp3) is 1.00. The van der Waals surface area contributed by atoms with Crippen LogP contribution in [0.2, 0.25) is 0 Å². The summed E-state index contributed by atoms with van der Waals surface area (Å²) in [6.07, 6.45) is 6.06. The van der Waals surface area contributed by atoms with Crippen molar-refractivity contribution in [2.24, 2.45) is 5.92 Å². The number of nitrogens with zero attached hydrogens (tertiary/aromatic N) is 1. The van der Waals surface area contributed by atoms with Crippen LogP contribution in [0.15, 0.2) is 0 Å². The van der Waals surface area contributed by atoms with Gasteiger partial charge in [-0.3, -0.25) is 0 Å². The SMILES string of the molecule is CCCNC1CCC(N(C)S(=O)(=O)CCC(C)C)CC1. The van der Waals surface area contributed by atoms with Crippen LogP contribution in [0.5, 0.6) is 0 Å². The molecule has 0 heterocycles. The van der Waals surface area contributed by atoms with Crippen molar-refractivity contribution in [3.63, 3.8) is 0 Å². The van der Waals surface area contributed by atoms with Gasteiger partial charge in [0.2, 0.25) is 10.0 Å². The van der Waals surface area contributed by atoms with Crippen molar-refractivity contribution in [1.82, 2.24) is 9.62 Å². The second-order valence-corrected chi connectivity index (χ2v) is 8.62. The van der Waals surface area contributed by atoms with Crippen LogP contribution in [-0.4, -0.2) is 44.2 Å². The number of rotatable bonds is 8. The number of nitrogens with one attached hydrogen (secondary N) is 1. The first kappa shape index (κ1) is 17.9. The summed E-state index contributed by atoms with van der Waals surface area (Å²) in [4.78, 5) is 0. The molecule has 1 aliphatic rings. The Kier molecular flexibility index (Phi) is 7.48. The zero-order chi connectivity index (χ0) is 15.2. The van der Waals surface area contributed by atoms with E-state index >= 15 is 0 Å². The molecule has 20 heavy (non-hydrogen) atoms. The molecule has 0 spiro atoms. The molecule has 0 aromatic rings. The summed E-state index contributed by atoms with van der Waals surface area (Å²) in [6, 6.07) is 0.782.